The van der Waals surface area contributed by atoms with Gasteiger partial charge in [0.2, 0.25) is 0 Å². The van der Waals surface area contributed by atoms with Gasteiger partial charge in [0.05, 0.1) is 6.10 Å². The van der Waals surface area contributed by atoms with Crippen molar-refractivity contribution in [3.8, 4) is 0 Å². The number of hydrogen-bond acceptors (Lipinski definition) is 5. The van der Waals surface area contributed by atoms with E-state index in [0.29, 0.717) is 24.8 Å². The van der Waals surface area contributed by atoms with Crippen LogP contribution in [0.25, 0.3) is 0 Å². The number of ketones is 2. The number of carboxylic acid groups (broad SMARTS) is 1. The number of hydrogen-bond donors (Lipinski definition) is 3. The third kappa shape index (κ3) is 2.33. The second-order valence-corrected chi connectivity index (χ2v) is 10.2. The Labute approximate surface area is 174 Å². The van der Waals surface area contributed by atoms with Gasteiger partial charge in [0.25, 0.3) is 0 Å². The fraction of sp³-hybridized carbons (Fsp3) is 0.696. The quantitative estimate of drug-likeness (QED) is 0.605. The summed E-state index contributed by atoms with van der Waals surface area (Å²) in [7, 11) is 0. The number of alkyl halides is 1. The molecular formula is C23H29FO6. The number of aliphatic hydroxyl groups excluding tert-OH is 1. The second kappa shape index (κ2) is 6.33. The van der Waals surface area contributed by atoms with Gasteiger partial charge in [0, 0.05) is 16.7 Å². The Morgan fingerprint density at radius 2 is 1.93 bits per heavy atom. The Hall–Kier alpha value is -1.86. The Morgan fingerprint density at radius 1 is 1.27 bits per heavy atom. The molecule has 4 rings (SSSR count). The Bertz CT molecular complexity index is 894. The molecule has 0 bridgehead atoms. The molecule has 4 aliphatic carbocycles. The molecule has 0 aromatic heterocycles. The van der Waals surface area contributed by atoms with Gasteiger partial charge in [0.1, 0.15) is 12.0 Å². The summed E-state index contributed by atoms with van der Waals surface area (Å²) in [5.41, 5.74) is -5.59. The SMILES string of the molecule is C[C@H]1C[C@H]2[C@@H]3CCC4=CC(=O)C=C[C@]4(C)[C@@]3(F)[C@@H](O)C[C@]2(C)[C@@]1(O)C(=O)CC(=O)O. The van der Waals surface area contributed by atoms with Crippen molar-refractivity contribution in [1.29, 1.82) is 0 Å². The number of fused-ring (bicyclic) bond motifs is 5. The van der Waals surface area contributed by atoms with Gasteiger partial charge in [-0.05, 0) is 56.6 Å². The van der Waals surface area contributed by atoms with Gasteiger partial charge >= 0.3 is 5.97 Å². The van der Waals surface area contributed by atoms with Crippen LogP contribution in [0.15, 0.2) is 23.8 Å². The van der Waals surface area contributed by atoms with Gasteiger partial charge in [0.15, 0.2) is 17.2 Å². The van der Waals surface area contributed by atoms with E-state index in [1.54, 1.807) is 26.8 Å². The molecule has 0 aromatic carbocycles. The number of carbonyl (C=O) groups excluding carboxylic acids is 2. The van der Waals surface area contributed by atoms with E-state index in [2.05, 4.69) is 0 Å². The number of aliphatic carboxylic acids is 1. The normalized spacial score (nSPS) is 49.7. The van der Waals surface area contributed by atoms with Crippen LogP contribution in [0.4, 0.5) is 4.39 Å². The minimum Gasteiger partial charge on any atom is -0.481 e. The van der Waals surface area contributed by atoms with Gasteiger partial charge in [-0.3, -0.25) is 14.4 Å². The summed E-state index contributed by atoms with van der Waals surface area (Å²) in [4.78, 5) is 35.9. The molecule has 3 N–H and O–H groups in total. The molecule has 7 heteroatoms. The van der Waals surface area contributed by atoms with Crippen molar-refractivity contribution >= 4 is 17.5 Å². The number of halogens is 1. The number of Topliss-reactive ketones (excluding diaryl/α,β-unsaturated/α-hetero) is 1. The standard InChI is InChI=1S/C23H29FO6/c1-12-8-16-15-5-4-13-9-14(25)6-7-20(13,2)22(15,24)18(27)11-21(16,3)23(12,30)17(26)10-19(28)29/h6-7,9,12,15-16,18,27,30H,4-5,8,10-11H2,1-3H3,(H,28,29)/t12-,15-,16-,18-,20-,21-,22-,23-/m0/s1. The van der Waals surface area contributed by atoms with E-state index in [0.717, 1.165) is 0 Å². The predicted octanol–water partition coefficient (Wildman–Crippen LogP) is 2.38. The van der Waals surface area contributed by atoms with Crippen LogP contribution in [0.2, 0.25) is 0 Å². The largest absolute Gasteiger partial charge is 0.481 e. The molecule has 0 spiro atoms. The zero-order chi connectivity index (χ0) is 22.3. The van der Waals surface area contributed by atoms with E-state index >= 15 is 4.39 Å². The highest BCUT2D eigenvalue weighted by Gasteiger charge is 2.75. The molecule has 6 nitrogen and oxygen atoms in total. The maximum absolute atomic E-state index is 16.9. The Morgan fingerprint density at radius 3 is 2.57 bits per heavy atom. The summed E-state index contributed by atoms with van der Waals surface area (Å²) < 4.78 is 16.9. The molecule has 0 amide bonds. The first kappa shape index (κ1) is 21.4. The lowest BCUT2D eigenvalue weighted by Crippen LogP contribution is -2.69. The van der Waals surface area contributed by atoms with Crippen LogP contribution in [-0.2, 0) is 14.4 Å². The summed E-state index contributed by atoms with van der Waals surface area (Å²) in [5, 5.41) is 31.8. The highest BCUT2D eigenvalue weighted by atomic mass is 19.1. The number of carbonyl (C=O) groups is 3. The lowest BCUT2D eigenvalue weighted by Gasteiger charge is -2.62. The molecule has 0 unspecified atom stereocenters. The molecule has 3 saturated carbocycles. The number of carboxylic acids is 1. The van der Waals surface area contributed by atoms with Gasteiger partial charge in [-0.15, -0.1) is 0 Å². The molecule has 0 aromatic rings. The molecule has 0 radical (unpaired) electrons. The average Bonchev–Trinajstić information content (AvgIpc) is 2.85. The van der Waals surface area contributed by atoms with Crippen LogP contribution in [-0.4, -0.2) is 50.2 Å². The van der Waals surface area contributed by atoms with Crippen LogP contribution < -0.4 is 0 Å². The van der Waals surface area contributed by atoms with Crippen molar-refractivity contribution in [3.05, 3.63) is 23.8 Å². The third-order valence-corrected chi connectivity index (χ3v) is 8.96. The molecule has 0 saturated heterocycles. The Balaban J connectivity index is 1.80. The molecule has 164 valence electrons. The highest BCUT2D eigenvalue weighted by Crippen LogP contribution is 2.70. The maximum Gasteiger partial charge on any atom is 0.310 e. The molecule has 4 aliphatic rings. The fourth-order valence-electron chi connectivity index (χ4n) is 7.41. The zero-order valence-electron chi connectivity index (χ0n) is 17.5. The number of allylic oxidation sites excluding steroid dienone is 4. The first-order valence-electron chi connectivity index (χ1n) is 10.6. The first-order valence-corrected chi connectivity index (χ1v) is 10.6. The fourth-order valence-corrected chi connectivity index (χ4v) is 7.41. The van der Waals surface area contributed by atoms with Crippen molar-refractivity contribution in [2.45, 2.75) is 70.2 Å². The van der Waals surface area contributed by atoms with Crippen LogP contribution >= 0.6 is 0 Å². The molecule has 0 heterocycles. The van der Waals surface area contributed by atoms with Gasteiger partial charge in [-0.1, -0.05) is 25.5 Å². The maximum atomic E-state index is 16.9. The van der Waals surface area contributed by atoms with Crippen molar-refractivity contribution in [2.75, 3.05) is 0 Å². The monoisotopic (exact) mass is 420 g/mol. The second-order valence-electron chi connectivity index (χ2n) is 10.2. The summed E-state index contributed by atoms with van der Waals surface area (Å²) in [5.74, 6) is -3.86. The van der Waals surface area contributed by atoms with E-state index in [9.17, 15) is 24.6 Å². The van der Waals surface area contributed by atoms with Crippen molar-refractivity contribution < 1.29 is 34.1 Å². The van der Waals surface area contributed by atoms with E-state index < -0.39 is 64.1 Å². The van der Waals surface area contributed by atoms with Gasteiger partial charge < -0.3 is 15.3 Å². The summed E-state index contributed by atoms with van der Waals surface area (Å²) in [6.07, 6.45) is 3.21. The predicted molar refractivity (Wildman–Crippen MR) is 105 cm³/mol. The minimum absolute atomic E-state index is 0.151. The van der Waals surface area contributed by atoms with E-state index in [1.165, 1.54) is 12.2 Å². The average molecular weight is 420 g/mol. The molecule has 3 fully saturated rings. The minimum atomic E-state index is -2.04. The topological polar surface area (TPSA) is 112 Å². The summed E-state index contributed by atoms with van der Waals surface area (Å²) >= 11 is 0. The van der Waals surface area contributed by atoms with Crippen LogP contribution in [0.5, 0.6) is 0 Å². The van der Waals surface area contributed by atoms with E-state index in [-0.39, 0.29) is 12.2 Å². The van der Waals surface area contributed by atoms with Crippen molar-refractivity contribution in [1.82, 2.24) is 0 Å². The summed E-state index contributed by atoms with van der Waals surface area (Å²) in [6.45, 7) is 5.10. The Kier molecular flexibility index (Phi) is 4.51. The summed E-state index contributed by atoms with van der Waals surface area (Å²) in [6, 6.07) is 0. The zero-order valence-corrected chi connectivity index (χ0v) is 17.5. The lowest BCUT2D eigenvalue weighted by atomic mass is 9.44. The molecular weight excluding hydrogens is 391 g/mol. The number of aliphatic hydroxyl groups is 2. The van der Waals surface area contributed by atoms with Crippen LogP contribution in [0, 0.1) is 28.6 Å². The first-order chi connectivity index (χ1) is 13.8. The van der Waals surface area contributed by atoms with Crippen molar-refractivity contribution in [3.63, 3.8) is 0 Å². The van der Waals surface area contributed by atoms with Gasteiger partial charge in [-0.25, -0.2) is 4.39 Å². The smallest absolute Gasteiger partial charge is 0.310 e. The third-order valence-electron chi connectivity index (χ3n) is 8.96. The highest BCUT2D eigenvalue weighted by molar-refractivity contribution is 6.01. The van der Waals surface area contributed by atoms with E-state index in [1.807, 2.05) is 0 Å². The number of rotatable bonds is 3. The van der Waals surface area contributed by atoms with Crippen molar-refractivity contribution in [2.24, 2.45) is 28.6 Å². The molecule has 0 aliphatic heterocycles. The van der Waals surface area contributed by atoms with Gasteiger partial charge in [-0.2, -0.15) is 0 Å². The van der Waals surface area contributed by atoms with E-state index in [4.69, 9.17) is 5.11 Å². The molecule has 30 heavy (non-hydrogen) atoms. The van der Waals surface area contributed by atoms with Crippen LogP contribution in [0.3, 0.4) is 0 Å². The van der Waals surface area contributed by atoms with Crippen LogP contribution in [0.1, 0.15) is 52.9 Å². The lowest BCUT2D eigenvalue weighted by molar-refractivity contribution is -0.219. The molecule has 8 atom stereocenters.